The van der Waals surface area contributed by atoms with Crippen LogP contribution in [0.1, 0.15) is 58.8 Å². The van der Waals surface area contributed by atoms with Crippen molar-refractivity contribution in [1.82, 2.24) is 10.2 Å². The molecule has 0 aromatic carbocycles. The maximum atomic E-state index is 9.74. The van der Waals surface area contributed by atoms with Crippen LogP contribution in [0.2, 0.25) is 0 Å². The first-order chi connectivity index (χ1) is 9.74. The van der Waals surface area contributed by atoms with E-state index < -0.39 is 0 Å². The van der Waals surface area contributed by atoms with E-state index in [-0.39, 0.29) is 5.54 Å². The molecule has 1 heterocycles. The van der Waals surface area contributed by atoms with Crippen LogP contribution in [-0.2, 0) is 0 Å². The highest BCUT2D eigenvalue weighted by molar-refractivity contribution is 5.16. The number of likely N-dealkylation sites (tertiary alicyclic amines) is 1. The van der Waals surface area contributed by atoms with Gasteiger partial charge in [-0.2, -0.15) is 5.26 Å². The summed E-state index contributed by atoms with van der Waals surface area (Å²) in [4.78, 5) is 2.54. The Morgan fingerprint density at radius 2 is 1.85 bits per heavy atom. The smallest absolute Gasteiger partial charge is 0.122 e. The molecule has 3 heteroatoms. The van der Waals surface area contributed by atoms with Crippen molar-refractivity contribution >= 4 is 0 Å². The molecule has 1 saturated heterocycles. The molecule has 1 atom stereocenters. The summed E-state index contributed by atoms with van der Waals surface area (Å²) in [5, 5.41) is 13.3. The van der Waals surface area contributed by atoms with Crippen molar-refractivity contribution in [2.45, 2.75) is 64.3 Å². The Bertz CT molecular complexity index is 324. The topological polar surface area (TPSA) is 39.1 Å². The van der Waals surface area contributed by atoms with Crippen LogP contribution in [0, 0.1) is 23.2 Å². The second kappa shape index (κ2) is 7.43. The molecule has 0 aromatic heterocycles. The number of hydrogen-bond acceptors (Lipinski definition) is 3. The minimum atomic E-state index is -0.270. The molecular formula is C17H31N3. The number of nitriles is 1. The number of hydrogen-bond donors (Lipinski definition) is 1. The molecular weight excluding hydrogens is 246 g/mol. The summed E-state index contributed by atoms with van der Waals surface area (Å²) >= 11 is 0. The van der Waals surface area contributed by atoms with Gasteiger partial charge in [0.1, 0.15) is 5.54 Å². The van der Waals surface area contributed by atoms with Crippen LogP contribution >= 0.6 is 0 Å². The van der Waals surface area contributed by atoms with Gasteiger partial charge >= 0.3 is 0 Å². The normalized spacial score (nSPS) is 24.2. The van der Waals surface area contributed by atoms with Crippen molar-refractivity contribution in [2.24, 2.45) is 11.8 Å². The van der Waals surface area contributed by atoms with E-state index in [4.69, 9.17) is 0 Å². The van der Waals surface area contributed by atoms with Crippen LogP contribution in [0.15, 0.2) is 0 Å². The van der Waals surface area contributed by atoms with E-state index in [1.165, 1.54) is 51.6 Å². The van der Waals surface area contributed by atoms with Gasteiger partial charge in [-0.25, -0.2) is 0 Å². The molecule has 1 aliphatic heterocycles. The molecule has 2 aliphatic rings. The number of rotatable bonds is 8. The lowest BCUT2D eigenvalue weighted by molar-refractivity contribution is 0.138. The second-order valence-electron chi connectivity index (χ2n) is 6.79. The molecule has 1 saturated carbocycles. The fourth-order valence-corrected chi connectivity index (χ4v) is 3.61. The average molecular weight is 277 g/mol. The fraction of sp³-hybridized carbons (Fsp3) is 0.941. The summed E-state index contributed by atoms with van der Waals surface area (Å²) in [7, 11) is 0. The van der Waals surface area contributed by atoms with Crippen molar-refractivity contribution in [3.8, 4) is 6.07 Å². The molecule has 114 valence electrons. The molecule has 1 unspecified atom stereocenters. The lowest BCUT2D eigenvalue weighted by atomic mass is 9.89. The zero-order chi connectivity index (χ0) is 14.4. The van der Waals surface area contributed by atoms with Gasteiger partial charge in [-0.1, -0.05) is 26.7 Å². The lowest BCUT2D eigenvalue weighted by Gasteiger charge is -2.38. The zero-order valence-electron chi connectivity index (χ0n) is 13.3. The molecule has 1 aliphatic carbocycles. The van der Waals surface area contributed by atoms with Gasteiger partial charge in [-0.05, 0) is 63.6 Å². The lowest BCUT2D eigenvalue weighted by Crippen LogP contribution is -2.55. The molecule has 3 nitrogen and oxygen atoms in total. The molecule has 2 rings (SSSR count). The highest BCUT2D eigenvalue weighted by Crippen LogP contribution is 2.40. The first kappa shape index (κ1) is 15.8. The third-order valence-electron chi connectivity index (χ3n) is 5.04. The third-order valence-corrected chi connectivity index (χ3v) is 5.04. The Kier molecular flexibility index (Phi) is 5.86. The predicted molar refractivity (Wildman–Crippen MR) is 83.4 cm³/mol. The van der Waals surface area contributed by atoms with Gasteiger partial charge < -0.3 is 4.90 Å². The summed E-state index contributed by atoms with van der Waals surface area (Å²) in [6.07, 6.45) is 8.92. The second-order valence-corrected chi connectivity index (χ2v) is 6.79. The van der Waals surface area contributed by atoms with Crippen molar-refractivity contribution in [1.29, 1.82) is 5.26 Å². The Labute approximate surface area is 124 Å². The summed E-state index contributed by atoms with van der Waals surface area (Å²) in [5.74, 6) is 1.52. The highest BCUT2D eigenvalue weighted by atomic mass is 15.2. The minimum Gasteiger partial charge on any atom is -0.300 e. The first-order valence-corrected chi connectivity index (χ1v) is 8.62. The van der Waals surface area contributed by atoms with Crippen molar-refractivity contribution < 1.29 is 0 Å². The van der Waals surface area contributed by atoms with E-state index in [9.17, 15) is 5.26 Å². The van der Waals surface area contributed by atoms with Gasteiger partial charge in [-0.3, -0.25) is 5.32 Å². The SMILES string of the molecule is CCCNC(C#N)(CN1CCC(CCC)CC1)C1CC1. The van der Waals surface area contributed by atoms with E-state index in [0.717, 1.165) is 25.4 Å². The molecule has 0 spiro atoms. The molecule has 1 N–H and O–H groups in total. The first-order valence-electron chi connectivity index (χ1n) is 8.62. The Balaban J connectivity index is 1.87. The maximum absolute atomic E-state index is 9.74. The van der Waals surface area contributed by atoms with Crippen LogP contribution < -0.4 is 5.32 Å². The van der Waals surface area contributed by atoms with E-state index in [1.54, 1.807) is 0 Å². The van der Waals surface area contributed by atoms with Gasteiger partial charge in [0.05, 0.1) is 6.07 Å². The monoisotopic (exact) mass is 277 g/mol. The van der Waals surface area contributed by atoms with Crippen LogP contribution in [0.3, 0.4) is 0 Å². The maximum Gasteiger partial charge on any atom is 0.122 e. The third kappa shape index (κ3) is 3.96. The van der Waals surface area contributed by atoms with Gasteiger partial charge in [0.25, 0.3) is 0 Å². The van der Waals surface area contributed by atoms with E-state index in [1.807, 2.05) is 0 Å². The van der Waals surface area contributed by atoms with Crippen LogP contribution in [0.4, 0.5) is 0 Å². The van der Waals surface area contributed by atoms with Gasteiger partial charge in [-0.15, -0.1) is 0 Å². The van der Waals surface area contributed by atoms with Crippen LogP contribution in [0.5, 0.6) is 0 Å². The fourth-order valence-electron chi connectivity index (χ4n) is 3.61. The summed E-state index contributed by atoms with van der Waals surface area (Å²) in [5.41, 5.74) is -0.270. The Morgan fingerprint density at radius 1 is 1.15 bits per heavy atom. The molecule has 2 fully saturated rings. The van der Waals surface area contributed by atoms with Crippen molar-refractivity contribution in [2.75, 3.05) is 26.2 Å². The van der Waals surface area contributed by atoms with Gasteiger partial charge in [0.2, 0.25) is 0 Å². The molecule has 0 aromatic rings. The predicted octanol–water partition coefficient (Wildman–Crippen LogP) is 3.17. The number of nitrogens with zero attached hydrogens (tertiary/aromatic N) is 2. The van der Waals surface area contributed by atoms with Crippen LogP contribution in [-0.4, -0.2) is 36.6 Å². The van der Waals surface area contributed by atoms with E-state index in [2.05, 4.69) is 30.1 Å². The average Bonchev–Trinajstić information content (AvgIpc) is 3.31. The van der Waals surface area contributed by atoms with Crippen molar-refractivity contribution in [3.63, 3.8) is 0 Å². The number of piperidine rings is 1. The van der Waals surface area contributed by atoms with Gasteiger partial charge in [0, 0.05) is 6.54 Å². The quantitative estimate of drug-likeness (QED) is 0.740. The summed E-state index contributed by atoms with van der Waals surface area (Å²) in [6.45, 7) is 8.75. The molecule has 0 radical (unpaired) electrons. The van der Waals surface area contributed by atoms with Crippen molar-refractivity contribution in [3.05, 3.63) is 0 Å². The summed E-state index contributed by atoms with van der Waals surface area (Å²) in [6, 6.07) is 2.64. The van der Waals surface area contributed by atoms with E-state index in [0.29, 0.717) is 5.92 Å². The molecule has 20 heavy (non-hydrogen) atoms. The Hall–Kier alpha value is -0.590. The highest BCUT2D eigenvalue weighted by Gasteiger charge is 2.46. The van der Waals surface area contributed by atoms with Gasteiger partial charge in [0.15, 0.2) is 0 Å². The number of nitrogens with one attached hydrogen (secondary N) is 1. The zero-order valence-corrected chi connectivity index (χ0v) is 13.3. The summed E-state index contributed by atoms with van der Waals surface area (Å²) < 4.78 is 0. The standard InChI is InChI=1S/C17H31N3/c1-3-5-15-8-11-20(12-9-15)14-17(13-18,16-6-7-16)19-10-4-2/h15-16,19H,3-12,14H2,1-2H3. The Morgan fingerprint density at radius 3 is 2.35 bits per heavy atom. The van der Waals surface area contributed by atoms with E-state index >= 15 is 0 Å². The molecule has 0 amide bonds. The van der Waals surface area contributed by atoms with Crippen LogP contribution in [0.25, 0.3) is 0 Å². The largest absolute Gasteiger partial charge is 0.300 e. The molecule has 0 bridgehead atoms. The minimum absolute atomic E-state index is 0.270.